The monoisotopic (exact) mass is 457 g/mol. The molecule has 0 saturated carbocycles. The summed E-state index contributed by atoms with van der Waals surface area (Å²) in [6.07, 6.45) is -0.633. The number of aliphatic carboxylic acids is 1. The van der Waals surface area contributed by atoms with Crippen LogP contribution in [0.3, 0.4) is 0 Å². The lowest BCUT2D eigenvalue weighted by atomic mass is 10.0. The predicted molar refractivity (Wildman–Crippen MR) is 99.5 cm³/mol. The van der Waals surface area contributed by atoms with Gasteiger partial charge in [0.15, 0.2) is 15.2 Å². The third kappa shape index (κ3) is 4.66. The van der Waals surface area contributed by atoms with Crippen molar-refractivity contribution in [3.8, 4) is 0 Å². The summed E-state index contributed by atoms with van der Waals surface area (Å²) in [4.78, 5) is 40.3. The Labute approximate surface area is 173 Å². The van der Waals surface area contributed by atoms with Gasteiger partial charge in [-0.2, -0.15) is 13.2 Å². The van der Waals surface area contributed by atoms with Crippen molar-refractivity contribution in [2.75, 3.05) is 12.3 Å². The Morgan fingerprint density at radius 3 is 2.61 bits per heavy atom. The van der Waals surface area contributed by atoms with Crippen LogP contribution in [-0.2, 0) is 24.2 Å². The summed E-state index contributed by atoms with van der Waals surface area (Å²) in [6.45, 7) is -1.62. The van der Waals surface area contributed by atoms with Gasteiger partial charge in [-0.3, -0.25) is 19.5 Å². The van der Waals surface area contributed by atoms with Gasteiger partial charge in [0.25, 0.3) is 5.91 Å². The molecule has 164 valence electrons. The molecule has 13 heteroatoms. The fraction of sp³-hybridized carbons (Fsp3) is 0.222. The number of halogens is 3. The third-order valence-corrected chi connectivity index (χ3v) is 6.16. The highest BCUT2D eigenvalue weighted by molar-refractivity contribution is 7.92. The summed E-state index contributed by atoms with van der Waals surface area (Å²) >= 11 is 0. The van der Waals surface area contributed by atoms with E-state index in [1.807, 2.05) is 0 Å². The van der Waals surface area contributed by atoms with Crippen molar-refractivity contribution >= 4 is 33.7 Å². The number of nitrogens with one attached hydrogen (secondary N) is 1. The minimum Gasteiger partial charge on any atom is -0.477 e. The van der Waals surface area contributed by atoms with E-state index in [9.17, 15) is 41.1 Å². The number of alkyl halides is 3. The molecule has 1 fully saturated rings. The number of nitrogens with zero attached hydrogens (tertiary/aromatic N) is 2. The van der Waals surface area contributed by atoms with E-state index in [1.54, 1.807) is 12.1 Å². The van der Waals surface area contributed by atoms with Gasteiger partial charge in [-0.15, -0.1) is 0 Å². The van der Waals surface area contributed by atoms with E-state index in [2.05, 4.69) is 4.98 Å². The van der Waals surface area contributed by atoms with Crippen molar-refractivity contribution in [1.29, 1.82) is 0 Å². The van der Waals surface area contributed by atoms with Crippen LogP contribution in [0.1, 0.15) is 5.69 Å². The number of aromatic nitrogens is 1. The largest absolute Gasteiger partial charge is 0.477 e. The standard InChI is InChI=1S/C18H14F3N3O6S/c19-18(20,21)9-23-13(25)5-4-10-8-31(29,30)16-12(7-11-3-1-2-6-22-11)15(26)24(16)14(10)17(27)28/h1-7,16H,8-9H2,(H,23,25)(H,27,28)/b5-4+,12-7-/t16-/m1/s1. The third-order valence-electron chi connectivity index (χ3n) is 4.30. The van der Waals surface area contributed by atoms with Crippen molar-refractivity contribution in [1.82, 2.24) is 15.2 Å². The number of sulfone groups is 1. The van der Waals surface area contributed by atoms with Gasteiger partial charge in [0.1, 0.15) is 12.2 Å². The number of allylic oxidation sites excluding steroid dienone is 1. The first-order valence-electron chi connectivity index (χ1n) is 8.57. The summed E-state index contributed by atoms with van der Waals surface area (Å²) in [5.74, 6) is -4.53. The van der Waals surface area contributed by atoms with Crippen molar-refractivity contribution in [3.05, 3.63) is 59.1 Å². The molecular formula is C18H14F3N3O6S. The summed E-state index contributed by atoms with van der Waals surface area (Å²) in [7, 11) is -4.10. The number of fused-ring (bicyclic) bond motifs is 1. The van der Waals surface area contributed by atoms with Crippen LogP contribution in [0.5, 0.6) is 0 Å². The maximum absolute atomic E-state index is 12.7. The van der Waals surface area contributed by atoms with Gasteiger partial charge in [-0.25, -0.2) is 13.2 Å². The molecule has 9 nitrogen and oxygen atoms in total. The highest BCUT2D eigenvalue weighted by Gasteiger charge is 2.56. The van der Waals surface area contributed by atoms with Gasteiger partial charge in [0.2, 0.25) is 5.91 Å². The number of carbonyl (C=O) groups is 3. The zero-order chi connectivity index (χ0) is 23.0. The summed E-state index contributed by atoms with van der Waals surface area (Å²) in [5.41, 5.74) is -0.934. The second-order valence-electron chi connectivity index (χ2n) is 6.53. The molecule has 2 aliphatic heterocycles. The molecule has 0 aliphatic carbocycles. The van der Waals surface area contributed by atoms with E-state index >= 15 is 0 Å². The smallest absolute Gasteiger partial charge is 0.405 e. The van der Waals surface area contributed by atoms with E-state index in [4.69, 9.17) is 0 Å². The highest BCUT2D eigenvalue weighted by Crippen LogP contribution is 2.41. The number of hydrogen-bond donors (Lipinski definition) is 2. The van der Waals surface area contributed by atoms with Crippen molar-refractivity contribution in [3.63, 3.8) is 0 Å². The van der Waals surface area contributed by atoms with Gasteiger partial charge in [0, 0.05) is 12.3 Å². The number of β-lactam (4-membered cyclic amide) rings is 1. The molecule has 2 amide bonds. The van der Waals surface area contributed by atoms with Crippen LogP contribution >= 0.6 is 0 Å². The van der Waals surface area contributed by atoms with Gasteiger partial charge in [-0.05, 0) is 23.8 Å². The molecule has 3 heterocycles. The lowest BCUT2D eigenvalue weighted by molar-refractivity contribution is -0.141. The molecule has 0 radical (unpaired) electrons. The maximum atomic E-state index is 12.7. The lowest BCUT2D eigenvalue weighted by Crippen LogP contribution is -2.62. The number of carboxylic acids is 1. The molecular weight excluding hydrogens is 443 g/mol. The molecule has 1 atom stereocenters. The minimum absolute atomic E-state index is 0.164. The summed E-state index contributed by atoms with van der Waals surface area (Å²) in [5, 5.41) is 9.51. The zero-order valence-corrected chi connectivity index (χ0v) is 16.3. The molecule has 0 unspecified atom stereocenters. The maximum Gasteiger partial charge on any atom is 0.405 e. The Kier molecular flexibility index (Phi) is 5.72. The molecule has 3 rings (SSSR count). The number of hydrogen-bond acceptors (Lipinski definition) is 6. The SMILES string of the molecule is O=C(/C=C/C1=C(C(=O)O)N2C(=O)/C(=C/c3ccccn3)[C@H]2S(=O)(=O)C1)NCC(F)(F)F. The Morgan fingerprint density at radius 2 is 2.03 bits per heavy atom. The average Bonchev–Trinajstić information content (AvgIpc) is 2.68. The van der Waals surface area contributed by atoms with Crippen LogP contribution in [0.2, 0.25) is 0 Å². The Balaban J connectivity index is 1.93. The van der Waals surface area contributed by atoms with E-state index in [0.29, 0.717) is 16.7 Å². The predicted octanol–water partition coefficient (Wildman–Crippen LogP) is 0.635. The van der Waals surface area contributed by atoms with Gasteiger partial charge >= 0.3 is 12.1 Å². The molecule has 1 aromatic rings. The molecule has 2 aliphatic rings. The van der Waals surface area contributed by atoms with Crippen LogP contribution in [-0.4, -0.2) is 65.0 Å². The molecule has 31 heavy (non-hydrogen) atoms. The average molecular weight is 457 g/mol. The van der Waals surface area contributed by atoms with Crippen LogP contribution in [0.4, 0.5) is 13.2 Å². The Morgan fingerprint density at radius 1 is 1.32 bits per heavy atom. The van der Waals surface area contributed by atoms with Crippen molar-refractivity contribution < 1.29 is 41.1 Å². The van der Waals surface area contributed by atoms with Crippen molar-refractivity contribution in [2.45, 2.75) is 11.6 Å². The highest BCUT2D eigenvalue weighted by atomic mass is 32.2. The number of rotatable bonds is 5. The Bertz CT molecular complexity index is 1140. The van der Waals surface area contributed by atoms with Crippen LogP contribution in [0.15, 0.2) is 53.4 Å². The summed E-state index contributed by atoms with van der Waals surface area (Å²) < 4.78 is 61.9. The topological polar surface area (TPSA) is 134 Å². The fourth-order valence-electron chi connectivity index (χ4n) is 3.06. The van der Waals surface area contributed by atoms with Gasteiger partial charge < -0.3 is 10.4 Å². The minimum atomic E-state index is -4.66. The number of carboxylic acid groups (broad SMARTS) is 1. The lowest BCUT2D eigenvalue weighted by Gasteiger charge is -2.45. The van der Waals surface area contributed by atoms with Gasteiger partial charge in [0.05, 0.1) is 17.0 Å². The molecule has 0 aromatic carbocycles. The van der Waals surface area contributed by atoms with E-state index in [0.717, 1.165) is 6.08 Å². The van der Waals surface area contributed by atoms with Crippen LogP contribution in [0.25, 0.3) is 6.08 Å². The Hall–Kier alpha value is -3.48. The first-order chi connectivity index (χ1) is 14.4. The van der Waals surface area contributed by atoms with E-state index < -0.39 is 62.7 Å². The molecule has 0 spiro atoms. The normalized spacial score (nSPS) is 21.8. The number of pyridine rings is 1. The molecule has 2 N–H and O–H groups in total. The molecule has 1 saturated heterocycles. The quantitative estimate of drug-likeness (QED) is 0.490. The van der Waals surface area contributed by atoms with Crippen LogP contribution in [0, 0.1) is 0 Å². The fourth-order valence-corrected chi connectivity index (χ4v) is 4.96. The second kappa shape index (κ2) is 7.98. The van der Waals surface area contributed by atoms with Crippen molar-refractivity contribution in [2.24, 2.45) is 0 Å². The van der Waals surface area contributed by atoms with Crippen LogP contribution < -0.4 is 5.32 Å². The first-order valence-corrected chi connectivity index (χ1v) is 10.3. The molecule has 0 bridgehead atoms. The van der Waals surface area contributed by atoms with E-state index in [-0.39, 0.29) is 5.57 Å². The van der Waals surface area contributed by atoms with Gasteiger partial charge in [-0.1, -0.05) is 12.1 Å². The van der Waals surface area contributed by atoms with E-state index in [1.165, 1.54) is 23.7 Å². The zero-order valence-electron chi connectivity index (χ0n) is 15.5. The number of amides is 2. The number of carbonyl (C=O) groups excluding carboxylic acids is 2. The second-order valence-corrected chi connectivity index (χ2v) is 8.60. The summed E-state index contributed by atoms with van der Waals surface area (Å²) in [6, 6.07) is 4.76. The first kappa shape index (κ1) is 22.2. The molecule has 1 aromatic heterocycles.